The number of carboxylic acid groups (broad SMARTS) is 1. The van der Waals surface area contributed by atoms with E-state index in [1.165, 1.54) is 11.1 Å². The molecule has 1 fully saturated rings. The second-order valence-electron chi connectivity index (χ2n) is 5.51. The lowest BCUT2D eigenvalue weighted by atomic mass is 10.0. The van der Waals surface area contributed by atoms with Gasteiger partial charge in [0.25, 0.3) is 0 Å². The summed E-state index contributed by atoms with van der Waals surface area (Å²) in [5.41, 5.74) is 3.57. The number of carbonyl (C=O) groups is 1. The van der Waals surface area contributed by atoms with Crippen molar-refractivity contribution >= 4 is 11.7 Å². The van der Waals surface area contributed by atoms with Gasteiger partial charge in [-0.05, 0) is 44.0 Å². The molecule has 4 heteroatoms. The Balaban J connectivity index is 2.32. The van der Waals surface area contributed by atoms with Crippen LogP contribution >= 0.6 is 0 Å². The molecule has 0 spiro atoms. The topological polar surface area (TPSA) is 52.6 Å². The minimum atomic E-state index is -0.740. The lowest BCUT2D eigenvalue weighted by molar-refractivity contribution is -0.137. The SMILES string of the molecule is Cc1cc(C)cc(N2C(C)CNCC2CC(=O)O)c1. The predicted molar refractivity (Wildman–Crippen MR) is 76.8 cm³/mol. The van der Waals surface area contributed by atoms with E-state index in [0.717, 1.165) is 18.8 Å². The molecule has 1 aliphatic heterocycles. The van der Waals surface area contributed by atoms with Gasteiger partial charge in [0, 0.05) is 24.8 Å². The van der Waals surface area contributed by atoms with Gasteiger partial charge in [0.15, 0.2) is 0 Å². The number of hydrogen-bond donors (Lipinski definition) is 2. The van der Waals surface area contributed by atoms with Crippen molar-refractivity contribution in [2.45, 2.75) is 39.3 Å². The highest BCUT2D eigenvalue weighted by molar-refractivity contribution is 5.69. The zero-order chi connectivity index (χ0) is 14.0. The molecule has 2 rings (SSSR count). The Bertz CT molecular complexity index is 453. The molecule has 1 heterocycles. The highest BCUT2D eigenvalue weighted by Gasteiger charge is 2.29. The molecular weight excluding hydrogens is 240 g/mol. The summed E-state index contributed by atoms with van der Waals surface area (Å²) in [4.78, 5) is 13.3. The number of rotatable bonds is 3. The Labute approximate surface area is 114 Å². The first-order chi connectivity index (χ1) is 8.97. The standard InChI is InChI=1S/C15H22N2O2/c1-10-4-11(2)6-13(5-10)17-12(3)8-16-9-14(17)7-15(18)19/h4-6,12,14,16H,7-9H2,1-3H3,(H,18,19). The fourth-order valence-corrected chi connectivity index (χ4v) is 2.95. The summed E-state index contributed by atoms with van der Waals surface area (Å²) in [5, 5.41) is 12.4. The third kappa shape index (κ3) is 3.26. The summed E-state index contributed by atoms with van der Waals surface area (Å²) in [6.07, 6.45) is 0.171. The molecular formula is C15H22N2O2. The quantitative estimate of drug-likeness (QED) is 0.874. The van der Waals surface area contributed by atoms with Crippen molar-refractivity contribution in [3.8, 4) is 0 Å². The lowest BCUT2D eigenvalue weighted by Crippen LogP contribution is -2.57. The van der Waals surface area contributed by atoms with Gasteiger partial charge >= 0.3 is 5.97 Å². The van der Waals surface area contributed by atoms with Crippen LogP contribution < -0.4 is 10.2 Å². The first-order valence-corrected chi connectivity index (χ1v) is 6.76. The summed E-state index contributed by atoms with van der Waals surface area (Å²) >= 11 is 0. The van der Waals surface area contributed by atoms with E-state index < -0.39 is 5.97 Å². The van der Waals surface area contributed by atoms with Crippen LogP contribution in [0.25, 0.3) is 0 Å². The van der Waals surface area contributed by atoms with E-state index in [9.17, 15) is 4.79 Å². The van der Waals surface area contributed by atoms with Gasteiger partial charge in [0.1, 0.15) is 0 Å². The van der Waals surface area contributed by atoms with Crippen LogP contribution in [0.5, 0.6) is 0 Å². The van der Waals surface area contributed by atoms with E-state index in [4.69, 9.17) is 5.11 Å². The van der Waals surface area contributed by atoms with Crippen molar-refractivity contribution in [1.29, 1.82) is 0 Å². The fraction of sp³-hybridized carbons (Fsp3) is 0.533. The Morgan fingerprint density at radius 3 is 2.53 bits per heavy atom. The summed E-state index contributed by atoms with van der Waals surface area (Å²) in [6.45, 7) is 7.91. The zero-order valence-electron chi connectivity index (χ0n) is 11.8. The van der Waals surface area contributed by atoms with E-state index in [1.54, 1.807) is 0 Å². The molecule has 2 unspecified atom stereocenters. The number of anilines is 1. The first-order valence-electron chi connectivity index (χ1n) is 6.76. The number of aryl methyl sites for hydroxylation is 2. The van der Waals surface area contributed by atoms with Crippen LogP contribution in [0.4, 0.5) is 5.69 Å². The van der Waals surface area contributed by atoms with E-state index >= 15 is 0 Å². The molecule has 1 aromatic rings. The third-order valence-corrected chi connectivity index (χ3v) is 3.60. The monoisotopic (exact) mass is 262 g/mol. The van der Waals surface area contributed by atoms with Crippen LogP contribution in [0.2, 0.25) is 0 Å². The minimum Gasteiger partial charge on any atom is -0.481 e. The molecule has 19 heavy (non-hydrogen) atoms. The van der Waals surface area contributed by atoms with Crippen LogP contribution in [0.15, 0.2) is 18.2 Å². The molecule has 0 amide bonds. The highest BCUT2D eigenvalue weighted by atomic mass is 16.4. The molecule has 1 aromatic carbocycles. The first kappa shape index (κ1) is 13.9. The molecule has 0 saturated carbocycles. The maximum absolute atomic E-state index is 11.0. The van der Waals surface area contributed by atoms with Gasteiger partial charge < -0.3 is 15.3 Å². The number of aliphatic carboxylic acids is 1. The van der Waals surface area contributed by atoms with Crippen molar-refractivity contribution in [2.24, 2.45) is 0 Å². The van der Waals surface area contributed by atoms with Crippen molar-refractivity contribution in [3.63, 3.8) is 0 Å². The van der Waals surface area contributed by atoms with Crippen molar-refractivity contribution < 1.29 is 9.90 Å². The fourth-order valence-electron chi connectivity index (χ4n) is 2.95. The minimum absolute atomic E-state index is 0.0162. The number of nitrogens with one attached hydrogen (secondary N) is 1. The molecule has 0 bridgehead atoms. The van der Waals surface area contributed by atoms with Crippen molar-refractivity contribution in [2.75, 3.05) is 18.0 Å². The molecule has 0 aromatic heterocycles. The van der Waals surface area contributed by atoms with Crippen LogP contribution in [0.3, 0.4) is 0 Å². The average Bonchev–Trinajstić information content (AvgIpc) is 2.26. The van der Waals surface area contributed by atoms with E-state index in [0.29, 0.717) is 6.04 Å². The van der Waals surface area contributed by atoms with Gasteiger partial charge in [-0.15, -0.1) is 0 Å². The highest BCUT2D eigenvalue weighted by Crippen LogP contribution is 2.26. The maximum atomic E-state index is 11.0. The summed E-state index contributed by atoms with van der Waals surface area (Å²) in [7, 11) is 0. The Morgan fingerprint density at radius 1 is 1.32 bits per heavy atom. The molecule has 2 atom stereocenters. The molecule has 0 radical (unpaired) electrons. The number of nitrogens with zero attached hydrogens (tertiary/aromatic N) is 1. The van der Waals surface area contributed by atoms with Crippen LogP contribution in [0, 0.1) is 13.8 Å². The van der Waals surface area contributed by atoms with E-state index in [2.05, 4.69) is 49.2 Å². The normalized spacial score (nSPS) is 23.4. The second-order valence-corrected chi connectivity index (χ2v) is 5.51. The number of benzene rings is 1. The summed E-state index contributed by atoms with van der Waals surface area (Å²) in [6, 6.07) is 6.75. The second kappa shape index (κ2) is 5.61. The Hall–Kier alpha value is -1.55. The molecule has 2 N–H and O–H groups in total. The largest absolute Gasteiger partial charge is 0.481 e. The van der Waals surface area contributed by atoms with Gasteiger partial charge in [-0.3, -0.25) is 4.79 Å². The third-order valence-electron chi connectivity index (χ3n) is 3.60. The Kier molecular flexibility index (Phi) is 4.10. The smallest absolute Gasteiger partial charge is 0.305 e. The van der Waals surface area contributed by atoms with Crippen molar-refractivity contribution in [3.05, 3.63) is 29.3 Å². The predicted octanol–water partition coefficient (Wildman–Crippen LogP) is 1.94. The van der Waals surface area contributed by atoms with Gasteiger partial charge in [-0.1, -0.05) is 6.07 Å². The molecule has 0 aliphatic carbocycles. The molecule has 1 aliphatic rings. The van der Waals surface area contributed by atoms with E-state index in [1.807, 2.05) is 0 Å². The van der Waals surface area contributed by atoms with Gasteiger partial charge in [0.05, 0.1) is 12.5 Å². The summed E-state index contributed by atoms with van der Waals surface area (Å²) in [5.74, 6) is -0.740. The molecule has 1 saturated heterocycles. The summed E-state index contributed by atoms with van der Waals surface area (Å²) < 4.78 is 0. The number of hydrogen-bond acceptors (Lipinski definition) is 3. The lowest BCUT2D eigenvalue weighted by Gasteiger charge is -2.42. The van der Waals surface area contributed by atoms with Gasteiger partial charge in [-0.25, -0.2) is 0 Å². The molecule has 104 valence electrons. The number of carboxylic acids is 1. The molecule has 4 nitrogen and oxygen atoms in total. The van der Waals surface area contributed by atoms with Gasteiger partial charge in [0.2, 0.25) is 0 Å². The van der Waals surface area contributed by atoms with Crippen LogP contribution in [-0.2, 0) is 4.79 Å². The number of piperazine rings is 1. The van der Waals surface area contributed by atoms with Crippen LogP contribution in [0.1, 0.15) is 24.5 Å². The average molecular weight is 262 g/mol. The maximum Gasteiger partial charge on any atom is 0.305 e. The zero-order valence-corrected chi connectivity index (χ0v) is 11.8. The van der Waals surface area contributed by atoms with Crippen LogP contribution in [-0.4, -0.2) is 36.2 Å². The van der Waals surface area contributed by atoms with Gasteiger partial charge in [-0.2, -0.15) is 0 Å². The Morgan fingerprint density at radius 2 is 1.95 bits per heavy atom. The van der Waals surface area contributed by atoms with Crippen molar-refractivity contribution in [1.82, 2.24) is 5.32 Å². The van der Waals surface area contributed by atoms with E-state index in [-0.39, 0.29) is 12.5 Å².